The molecule has 1 heterocycles. The number of carboxylic acids is 1. The van der Waals surface area contributed by atoms with Crippen molar-refractivity contribution in [2.75, 3.05) is 11.5 Å². The van der Waals surface area contributed by atoms with Crippen molar-refractivity contribution in [3.05, 3.63) is 90.0 Å². The van der Waals surface area contributed by atoms with Gasteiger partial charge in [-0.05, 0) is 60.8 Å². The maximum absolute atomic E-state index is 13.2. The van der Waals surface area contributed by atoms with Crippen LogP contribution < -0.4 is 19.7 Å². The van der Waals surface area contributed by atoms with Crippen LogP contribution in [-0.4, -0.2) is 34.6 Å². The van der Waals surface area contributed by atoms with Crippen molar-refractivity contribution in [3.63, 3.8) is 0 Å². The smallest absolute Gasteiger partial charge is 0.341 e. The molecule has 0 spiro atoms. The number of rotatable bonds is 7. The molecule has 9 heteroatoms. The van der Waals surface area contributed by atoms with E-state index in [0.717, 1.165) is 0 Å². The fourth-order valence-electron chi connectivity index (χ4n) is 3.21. The molecule has 8 nitrogen and oxygen atoms in total. The van der Waals surface area contributed by atoms with Crippen molar-refractivity contribution in [2.24, 2.45) is 0 Å². The summed E-state index contributed by atoms with van der Waals surface area (Å²) >= 11 is 5.24. The molecular weight excluding hydrogens is 456 g/mol. The summed E-state index contributed by atoms with van der Waals surface area (Å²) in [5, 5.41) is 11.3. The van der Waals surface area contributed by atoms with Crippen molar-refractivity contribution in [2.45, 2.75) is 0 Å². The summed E-state index contributed by atoms with van der Waals surface area (Å²) in [6.45, 7) is -0.562. The van der Waals surface area contributed by atoms with Crippen LogP contribution in [0.15, 0.2) is 84.4 Å². The van der Waals surface area contributed by atoms with Gasteiger partial charge < -0.3 is 14.6 Å². The highest BCUT2D eigenvalue weighted by Crippen LogP contribution is 2.28. The van der Waals surface area contributed by atoms with E-state index in [4.69, 9.17) is 26.8 Å². The zero-order chi connectivity index (χ0) is 24.1. The lowest BCUT2D eigenvalue weighted by molar-refractivity contribution is -0.139. The number of carboxylic acid groups (broad SMARTS) is 1. The monoisotopic (exact) mass is 474 g/mol. The third-order valence-corrected chi connectivity index (χ3v) is 5.03. The van der Waals surface area contributed by atoms with E-state index in [0.29, 0.717) is 22.7 Å². The number of benzene rings is 3. The van der Waals surface area contributed by atoms with Gasteiger partial charge in [0.2, 0.25) is 0 Å². The van der Waals surface area contributed by atoms with Crippen LogP contribution in [0.3, 0.4) is 0 Å². The Labute approximate surface area is 200 Å². The van der Waals surface area contributed by atoms with Gasteiger partial charge in [-0.15, -0.1) is 0 Å². The Bertz CT molecular complexity index is 1290. The summed E-state index contributed by atoms with van der Waals surface area (Å²) < 4.78 is 11.0. The second kappa shape index (κ2) is 9.97. The third-order valence-electron chi connectivity index (χ3n) is 4.75. The number of nitrogens with one attached hydrogen (secondary N) is 1. The molecule has 0 bridgehead atoms. The molecule has 2 amide bonds. The van der Waals surface area contributed by atoms with E-state index in [1.807, 2.05) is 30.3 Å². The number of ether oxygens (including phenoxy) is 2. The van der Waals surface area contributed by atoms with Gasteiger partial charge in [0, 0.05) is 5.56 Å². The number of amides is 2. The van der Waals surface area contributed by atoms with Crippen LogP contribution in [0, 0.1) is 0 Å². The van der Waals surface area contributed by atoms with Gasteiger partial charge >= 0.3 is 5.97 Å². The molecule has 1 saturated heterocycles. The van der Waals surface area contributed by atoms with Crippen LogP contribution in [0.2, 0.25) is 0 Å². The Morgan fingerprint density at radius 2 is 1.59 bits per heavy atom. The second-order valence-corrected chi connectivity index (χ2v) is 7.47. The molecule has 0 unspecified atom stereocenters. The summed E-state index contributed by atoms with van der Waals surface area (Å²) in [7, 11) is 0. The van der Waals surface area contributed by atoms with Gasteiger partial charge in [-0.2, -0.15) is 0 Å². The molecule has 2 N–H and O–H groups in total. The Kier molecular flexibility index (Phi) is 6.65. The number of thiocarbonyl (C=S) groups is 1. The van der Waals surface area contributed by atoms with Gasteiger partial charge in [0.05, 0.1) is 5.69 Å². The number of para-hydroxylation sites is 2. The normalized spacial score (nSPS) is 14.6. The van der Waals surface area contributed by atoms with Crippen molar-refractivity contribution in [1.29, 1.82) is 0 Å². The summed E-state index contributed by atoms with van der Waals surface area (Å²) in [5.74, 6) is -0.983. The summed E-state index contributed by atoms with van der Waals surface area (Å²) in [6, 6.07) is 22.4. The van der Waals surface area contributed by atoms with Gasteiger partial charge in [-0.1, -0.05) is 36.4 Å². The molecule has 0 aliphatic carbocycles. The predicted octanol–water partition coefficient (Wildman–Crippen LogP) is 3.77. The molecule has 0 saturated carbocycles. The molecule has 3 aromatic rings. The van der Waals surface area contributed by atoms with Gasteiger partial charge in [0.25, 0.3) is 11.8 Å². The quantitative estimate of drug-likeness (QED) is 0.305. The number of anilines is 1. The van der Waals surface area contributed by atoms with Gasteiger partial charge in [-0.3, -0.25) is 19.8 Å². The highest BCUT2D eigenvalue weighted by Gasteiger charge is 2.34. The maximum Gasteiger partial charge on any atom is 0.341 e. The highest BCUT2D eigenvalue weighted by molar-refractivity contribution is 7.80. The molecule has 1 fully saturated rings. The van der Waals surface area contributed by atoms with E-state index in [1.54, 1.807) is 48.5 Å². The van der Waals surface area contributed by atoms with E-state index in [1.165, 1.54) is 11.0 Å². The molecule has 34 heavy (non-hydrogen) atoms. The first-order valence-corrected chi connectivity index (χ1v) is 10.5. The van der Waals surface area contributed by atoms with E-state index >= 15 is 0 Å². The third kappa shape index (κ3) is 5.11. The summed E-state index contributed by atoms with van der Waals surface area (Å²) in [4.78, 5) is 37.9. The number of hydrogen-bond donors (Lipinski definition) is 2. The fourth-order valence-corrected chi connectivity index (χ4v) is 3.49. The first-order valence-electron chi connectivity index (χ1n) is 10.1. The number of nitrogens with zero attached hydrogens (tertiary/aromatic N) is 1. The number of carbonyl (C=O) groups excluding carboxylic acids is 2. The minimum Gasteiger partial charge on any atom is -0.481 e. The number of carbonyl (C=O) groups is 3. The first kappa shape index (κ1) is 22.7. The van der Waals surface area contributed by atoms with E-state index in [-0.39, 0.29) is 16.4 Å². The Morgan fingerprint density at radius 3 is 2.29 bits per heavy atom. The van der Waals surface area contributed by atoms with Crippen molar-refractivity contribution in [3.8, 4) is 17.2 Å². The van der Waals surface area contributed by atoms with Gasteiger partial charge in [-0.25, -0.2) is 4.79 Å². The summed E-state index contributed by atoms with van der Waals surface area (Å²) in [6.07, 6.45) is 1.34. The lowest BCUT2D eigenvalue weighted by atomic mass is 10.1. The van der Waals surface area contributed by atoms with E-state index in [9.17, 15) is 14.4 Å². The van der Waals surface area contributed by atoms with Gasteiger partial charge in [0.1, 0.15) is 22.8 Å². The molecule has 0 aromatic heterocycles. The number of aliphatic carboxylic acids is 1. The lowest BCUT2D eigenvalue weighted by Gasteiger charge is -2.29. The molecule has 1 aliphatic heterocycles. The molecule has 170 valence electrons. The van der Waals surface area contributed by atoms with Crippen molar-refractivity contribution in [1.82, 2.24) is 5.32 Å². The van der Waals surface area contributed by atoms with E-state index < -0.39 is 24.4 Å². The van der Waals surface area contributed by atoms with Crippen LogP contribution in [0.1, 0.15) is 5.56 Å². The minimum absolute atomic E-state index is 0.0562. The van der Waals surface area contributed by atoms with Crippen molar-refractivity contribution >= 4 is 46.9 Å². The topological polar surface area (TPSA) is 105 Å². The molecule has 0 radical (unpaired) electrons. The number of hydrogen-bond acceptors (Lipinski definition) is 6. The molecular formula is C25H18N2O6S. The Balaban J connectivity index is 1.60. The maximum atomic E-state index is 13.2. The highest BCUT2D eigenvalue weighted by atomic mass is 32.1. The fraction of sp³-hybridized carbons (Fsp3) is 0.0400. The van der Waals surface area contributed by atoms with Crippen LogP contribution >= 0.6 is 12.2 Å². The van der Waals surface area contributed by atoms with Gasteiger partial charge in [0.15, 0.2) is 11.7 Å². The molecule has 0 atom stereocenters. The largest absolute Gasteiger partial charge is 0.481 e. The average molecular weight is 474 g/mol. The second-order valence-electron chi connectivity index (χ2n) is 7.09. The lowest BCUT2D eigenvalue weighted by Crippen LogP contribution is -2.54. The van der Waals surface area contributed by atoms with Crippen LogP contribution in [0.5, 0.6) is 17.2 Å². The average Bonchev–Trinajstić information content (AvgIpc) is 2.82. The van der Waals surface area contributed by atoms with Crippen molar-refractivity contribution < 1.29 is 29.0 Å². The zero-order valence-corrected chi connectivity index (χ0v) is 18.5. The van der Waals surface area contributed by atoms with Crippen LogP contribution in [-0.2, 0) is 14.4 Å². The summed E-state index contributed by atoms with van der Waals surface area (Å²) in [5.41, 5.74) is 0.642. The zero-order valence-electron chi connectivity index (χ0n) is 17.6. The Hall–Kier alpha value is -4.50. The molecule has 3 aromatic carbocycles. The van der Waals surface area contributed by atoms with Crippen LogP contribution in [0.4, 0.5) is 5.69 Å². The first-order chi connectivity index (χ1) is 16.4. The Morgan fingerprint density at radius 1 is 0.941 bits per heavy atom. The van der Waals surface area contributed by atoms with Crippen LogP contribution in [0.25, 0.3) is 6.08 Å². The molecule has 4 rings (SSSR count). The predicted molar refractivity (Wildman–Crippen MR) is 129 cm³/mol. The standard InChI is InChI=1S/C25H18N2O6S/c28-22(29)15-32-21-9-5-4-6-16(21)14-20-23(30)26-25(34)27(24(20)31)17-10-12-19(13-11-17)33-18-7-2-1-3-8-18/h1-14H,15H2,(H,28,29)(H,26,30,34)/b20-14+. The SMILES string of the molecule is O=C(O)COc1ccccc1/C=C1\C(=O)NC(=S)N(c2ccc(Oc3ccccc3)cc2)C1=O. The molecule has 1 aliphatic rings. The van der Waals surface area contributed by atoms with E-state index in [2.05, 4.69) is 5.32 Å². The minimum atomic E-state index is -1.15.